The Kier molecular flexibility index (Phi) is 26.6. The SMILES string of the molecule is CC(C)(CN=Cc1cc(N(c2ccccc2)c2ccccc2)ccc1O)CN=Cc1cc(N(c2ccccc2)c2ccccc2)ccc1O.Oc1ccc(N(c2ccccc2)c2ccccc2)c2cccnc12.Oc1ccc(N(c2ccccc2)c2ccccc2)c2cccnc12.[O]=[W]=[O].[O]=[W]=[O]. The number of fused-ring (bicyclic) bond motifs is 2. The second kappa shape index (κ2) is 37.3. The number of hydrogen-bond donors (Lipinski definition) is 4. The molecule has 14 rings (SSSR count). The molecule has 12 aromatic carbocycles. The number of aliphatic imine (C=N–C) groups is 2. The Labute approximate surface area is 615 Å². The first-order valence-electron chi connectivity index (χ1n) is 32.6. The van der Waals surface area contributed by atoms with Crippen LogP contribution < -0.4 is 19.6 Å². The molecule has 2 heterocycles. The number of nitrogens with zero attached hydrogens (tertiary/aromatic N) is 8. The topological polar surface area (TPSA) is 213 Å². The van der Waals surface area contributed by atoms with Gasteiger partial charge < -0.3 is 40.0 Å². The summed E-state index contributed by atoms with van der Waals surface area (Å²) in [6.45, 7) is 5.20. The molecule has 0 aliphatic heterocycles. The Morgan fingerprint density at radius 2 is 0.553 bits per heavy atom. The van der Waals surface area contributed by atoms with Gasteiger partial charge >= 0.3 is 50.6 Å². The van der Waals surface area contributed by atoms with Crippen LogP contribution in [0.15, 0.2) is 350 Å². The standard InChI is InChI=1S/C43H40N4O2.2C21H16N2O.4O.2W/c1-43(2,31-44-29-33-27-39(23-25-41(33)48)46(35-15-7-3-8-16-35)36-17-9-4-10-18-36)32-45-30-34-28-40(24-26-42(34)49)47(37-19-11-5-12-20-37)38-21-13-6-14-22-38;2*24-20-14-13-19(18-12-7-15-22-21(18)20)23(16-8-3-1-4-9-16)17-10-5-2-6-11-17;;;;;;/h3-30,48-49H,31-32H2,1-2H3;2*1-15,24H;;;;;;. The molecule has 0 aliphatic rings. The summed E-state index contributed by atoms with van der Waals surface area (Å²) in [7, 11) is 0. The molecule has 0 aliphatic carbocycles. The third kappa shape index (κ3) is 19.6. The summed E-state index contributed by atoms with van der Waals surface area (Å²) in [6.07, 6.45) is 6.85. The van der Waals surface area contributed by atoms with E-state index in [4.69, 9.17) is 23.6 Å². The number of aromatic nitrogens is 2. The van der Waals surface area contributed by atoms with Gasteiger partial charge in [-0.1, -0.05) is 159 Å². The van der Waals surface area contributed by atoms with Crippen LogP contribution in [0.5, 0.6) is 23.0 Å². The van der Waals surface area contributed by atoms with Crippen molar-refractivity contribution in [3.63, 3.8) is 0 Å². The molecule has 0 fully saturated rings. The molecule has 512 valence electrons. The molecule has 4 N–H and O–H groups in total. The predicted octanol–water partition coefficient (Wildman–Crippen LogP) is 20.9. The van der Waals surface area contributed by atoms with Gasteiger partial charge in [0.25, 0.3) is 0 Å². The first-order valence-corrected chi connectivity index (χ1v) is 37.4. The summed E-state index contributed by atoms with van der Waals surface area (Å²) in [4.78, 5) is 26.8. The van der Waals surface area contributed by atoms with E-state index in [1.807, 2.05) is 206 Å². The zero-order valence-electron chi connectivity index (χ0n) is 56.2. The van der Waals surface area contributed by atoms with E-state index in [0.29, 0.717) is 35.2 Å². The maximum absolute atomic E-state index is 10.7. The van der Waals surface area contributed by atoms with Crippen LogP contribution in [-0.4, -0.2) is 55.9 Å². The number of aromatic hydroxyl groups is 4. The number of hydrogen-bond acceptors (Lipinski definition) is 16. The number of phenols is 4. The Hall–Kier alpha value is -12.2. The number of phenolic OH excluding ortho intramolecular Hbond substituents is 4. The van der Waals surface area contributed by atoms with Crippen molar-refractivity contribution in [1.29, 1.82) is 0 Å². The van der Waals surface area contributed by atoms with Gasteiger partial charge in [-0.05, 0) is 182 Å². The van der Waals surface area contributed by atoms with E-state index in [1.54, 1.807) is 49.1 Å². The van der Waals surface area contributed by atoms with Gasteiger partial charge in [0.1, 0.15) is 34.0 Å². The van der Waals surface area contributed by atoms with Gasteiger partial charge in [0.15, 0.2) is 0 Å². The van der Waals surface area contributed by atoms with E-state index in [-0.39, 0.29) is 28.4 Å². The van der Waals surface area contributed by atoms with E-state index in [2.05, 4.69) is 140 Å². The van der Waals surface area contributed by atoms with Crippen LogP contribution >= 0.6 is 0 Å². The van der Waals surface area contributed by atoms with Crippen molar-refractivity contribution in [3.8, 4) is 23.0 Å². The van der Waals surface area contributed by atoms with E-state index >= 15 is 0 Å². The van der Waals surface area contributed by atoms with Gasteiger partial charge in [-0.3, -0.25) is 20.0 Å². The average molecular weight is 1700 g/mol. The van der Waals surface area contributed by atoms with Crippen LogP contribution in [0.2, 0.25) is 0 Å². The summed E-state index contributed by atoms with van der Waals surface area (Å²) >= 11 is -4.50. The summed E-state index contributed by atoms with van der Waals surface area (Å²) < 4.78 is 34.2. The third-order valence-electron chi connectivity index (χ3n) is 16.1. The van der Waals surface area contributed by atoms with Gasteiger partial charge in [0.2, 0.25) is 0 Å². The van der Waals surface area contributed by atoms with Crippen LogP contribution in [-0.2, 0) is 50.6 Å². The van der Waals surface area contributed by atoms with Gasteiger partial charge in [0, 0.05) is 122 Å². The van der Waals surface area contributed by atoms with Crippen molar-refractivity contribution in [3.05, 3.63) is 351 Å². The van der Waals surface area contributed by atoms with Crippen molar-refractivity contribution < 1.29 is 71.0 Å². The fourth-order valence-electron chi connectivity index (χ4n) is 11.4. The number of anilines is 12. The van der Waals surface area contributed by atoms with Crippen molar-refractivity contribution in [2.75, 3.05) is 32.7 Å². The Balaban J connectivity index is 0.000000175. The predicted molar refractivity (Wildman–Crippen MR) is 403 cm³/mol. The fourth-order valence-corrected chi connectivity index (χ4v) is 11.4. The molecule has 0 amide bonds. The van der Waals surface area contributed by atoms with Crippen LogP contribution in [0, 0.1) is 5.41 Å². The Bertz CT molecular complexity index is 4670. The molecule has 14 aromatic rings. The van der Waals surface area contributed by atoms with Crippen LogP contribution in [0.3, 0.4) is 0 Å². The molecule has 0 unspecified atom stereocenters. The van der Waals surface area contributed by atoms with E-state index in [9.17, 15) is 20.4 Å². The molecular formula is C85H72N8O8W2. The van der Waals surface area contributed by atoms with Crippen LogP contribution in [0.4, 0.5) is 68.2 Å². The number of para-hydroxylation sites is 8. The molecule has 103 heavy (non-hydrogen) atoms. The first kappa shape index (κ1) is 73.5. The van der Waals surface area contributed by atoms with Crippen molar-refractivity contribution in [1.82, 2.24) is 9.97 Å². The normalized spacial score (nSPS) is 10.7. The summed E-state index contributed by atoms with van der Waals surface area (Å²) in [6, 6.07) is 108. The first-order chi connectivity index (χ1) is 50.4. The molecule has 0 bridgehead atoms. The maximum atomic E-state index is 10.7. The minimum atomic E-state index is -2.25. The zero-order valence-corrected chi connectivity index (χ0v) is 62.1. The zero-order chi connectivity index (χ0) is 72.2. The molecule has 18 heteroatoms. The monoisotopic (exact) mass is 1700 g/mol. The number of pyridine rings is 2. The van der Waals surface area contributed by atoms with Crippen LogP contribution in [0.1, 0.15) is 25.0 Å². The fraction of sp³-hybridized carbons (Fsp3) is 0.0588. The van der Waals surface area contributed by atoms with E-state index in [0.717, 1.165) is 79.0 Å². The molecule has 2 aromatic heterocycles. The molecule has 0 atom stereocenters. The summed E-state index contributed by atoms with van der Waals surface area (Å²) in [5.41, 5.74) is 14.3. The molecule has 0 saturated heterocycles. The summed E-state index contributed by atoms with van der Waals surface area (Å²) in [5, 5.41) is 43.5. The average Bonchev–Trinajstić information content (AvgIpc) is 0.796. The molecular weight excluding hydrogens is 1630 g/mol. The molecule has 16 nitrogen and oxygen atoms in total. The number of rotatable bonds is 18. The Morgan fingerprint density at radius 1 is 0.311 bits per heavy atom. The third-order valence-corrected chi connectivity index (χ3v) is 16.1. The van der Waals surface area contributed by atoms with Crippen molar-refractivity contribution in [2.24, 2.45) is 15.4 Å². The van der Waals surface area contributed by atoms with Gasteiger partial charge in [-0.15, -0.1) is 0 Å². The van der Waals surface area contributed by atoms with Crippen LogP contribution in [0.25, 0.3) is 21.8 Å². The van der Waals surface area contributed by atoms with Gasteiger partial charge in [0.05, 0.1) is 11.4 Å². The minimum absolute atomic E-state index is 0.166. The van der Waals surface area contributed by atoms with Gasteiger partial charge in [-0.25, -0.2) is 0 Å². The molecule has 0 saturated carbocycles. The van der Waals surface area contributed by atoms with Gasteiger partial charge in [-0.2, -0.15) is 0 Å². The molecule has 0 radical (unpaired) electrons. The quantitative estimate of drug-likeness (QED) is 0.0589. The van der Waals surface area contributed by atoms with E-state index < -0.39 is 37.0 Å². The van der Waals surface area contributed by atoms with Crippen molar-refractivity contribution >= 4 is 102 Å². The molecule has 0 spiro atoms. The van der Waals surface area contributed by atoms with E-state index in [1.165, 1.54) is 0 Å². The summed E-state index contributed by atoms with van der Waals surface area (Å²) in [5.74, 6) is 0.713. The van der Waals surface area contributed by atoms with Crippen molar-refractivity contribution in [2.45, 2.75) is 13.8 Å². The number of benzene rings is 12. The Morgan fingerprint density at radius 3 is 0.816 bits per heavy atom. The second-order valence-electron chi connectivity index (χ2n) is 23.8. The second-order valence-corrected chi connectivity index (χ2v) is 24.7.